The van der Waals surface area contributed by atoms with Crippen molar-refractivity contribution >= 4 is 23.2 Å². The molecule has 1 saturated heterocycles. The molecule has 0 bridgehead atoms. The van der Waals surface area contributed by atoms with Gasteiger partial charge >= 0.3 is 0 Å². The molecule has 6 rings (SSSR count). The first-order valence-electron chi connectivity index (χ1n) is 11.4. The molecule has 0 aliphatic carbocycles. The first-order valence-corrected chi connectivity index (χ1v) is 11.4. The van der Waals surface area contributed by atoms with Gasteiger partial charge in [0.1, 0.15) is 5.75 Å². The average Bonchev–Trinajstić information content (AvgIpc) is 3.33. The van der Waals surface area contributed by atoms with Crippen LogP contribution in [0, 0.1) is 13.8 Å². The van der Waals surface area contributed by atoms with Gasteiger partial charge in [-0.25, -0.2) is 9.97 Å². The molecule has 1 amide bonds. The molecule has 0 spiro atoms. The zero-order valence-electron chi connectivity index (χ0n) is 19.1. The van der Waals surface area contributed by atoms with Crippen LogP contribution in [-0.4, -0.2) is 56.3 Å². The Morgan fingerprint density at radius 1 is 1.15 bits per heavy atom. The standard InChI is InChI=1S/C25H26N6O3/c1-14-5-15(2)7-18(6-14)27-24-26-9-17-10-30(13-21(17)28-24)19-11-31(12-19)23(32)16-3-4-20-22(8-16)34-25(33)29-20/h3-9,19,25,29,33H,10-13H2,1-2H3,(H,26,27,28). The first kappa shape index (κ1) is 20.9. The number of likely N-dealkylation sites (tertiary alicyclic amines) is 1. The fourth-order valence-electron chi connectivity index (χ4n) is 4.86. The second-order valence-electron chi connectivity index (χ2n) is 9.26. The fourth-order valence-corrected chi connectivity index (χ4v) is 4.86. The van der Waals surface area contributed by atoms with E-state index in [0.29, 0.717) is 42.1 Å². The molecular formula is C25H26N6O3. The monoisotopic (exact) mass is 458 g/mol. The number of anilines is 3. The van der Waals surface area contributed by atoms with E-state index in [1.54, 1.807) is 18.2 Å². The van der Waals surface area contributed by atoms with Gasteiger partial charge in [0.15, 0.2) is 0 Å². The van der Waals surface area contributed by atoms with E-state index in [0.717, 1.165) is 30.0 Å². The number of carbonyl (C=O) groups excluding carboxylic acids is 1. The minimum atomic E-state index is -1.06. The highest BCUT2D eigenvalue weighted by Crippen LogP contribution is 2.33. The normalized spacial score (nSPS) is 19.1. The third kappa shape index (κ3) is 3.82. The minimum absolute atomic E-state index is 0.0273. The van der Waals surface area contributed by atoms with Crippen molar-refractivity contribution in [2.24, 2.45) is 0 Å². The van der Waals surface area contributed by atoms with Crippen LogP contribution < -0.4 is 15.4 Å². The number of nitrogens with zero attached hydrogens (tertiary/aromatic N) is 4. The lowest BCUT2D eigenvalue weighted by Crippen LogP contribution is -2.59. The topological polar surface area (TPSA) is 103 Å². The highest BCUT2D eigenvalue weighted by molar-refractivity contribution is 5.96. The van der Waals surface area contributed by atoms with Gasteiger partial charge in [0.2, 0.25) is 5.95 Å². The Morgan fingerprint density at radius 2 is 1.94 bits per heavy atom. The summed E-state index contributed by atoms with van der Waals surface area (Å²) in [4.78, 5) is 26.4. The average molecular weight is 459 g/mol. The van der Waals surface area contributed by atoms with E-state index in [1.165, 1.54) is 11.1 Å². The molecule has 4 heterocycles. The Kier molecular flexibility index (Phi) is 4.89. The summed E-state index contributed by atoms with van der Waals surface area (Å²) in [7, 11) is 0. The number of benzene rings is 2. The number of hydrogen-bond acceptors (Lipinski definition) is 8. The molecule has 9 nitrogen and oxygen atoms in total. The van der Waals surface area contributed by atoms with Gasteiger partial charge in [-0.3, -0.25) is 9.69 Å². The van der Waals surface area contributed by atoms with Crippen LogP contribution in [0.2, 0.25) is 0 Å². The van der Waals surface area contributed by atoms with Crippen LogP contribution in [0.25, 0.3) is 0 Å². The summed E-state index contributed by atoms with van der Waals surface area (Å²) in [6.45, 7) is 7.04. The van der Waals surface area contributed by atoms with Crippen molar-refractivity contribution in [3.05, 3.63) is 70.5 Å². The maximum Gasteiger partial charge on any atom is 0.279 e. The van der Waals surface area contributed by atoms with E-state index in [9.17, 15) is 9.90 Å². The number of aromatic nitrogens is 2. The summed E-state index contributed by atoms with van der Waals surface area (Å²) in [5.41, 5.74) is 6.80. The largest absolute Gasteiger partial charge is 0.445 e. The molecule has 3 N–H and O–H groups in total. The van der Waals surface area contributed by atoms with Crippen LogP contribution in [0.5, 0.6) is 5.75 Å². The van der Waals surface area contributed by atoms with Crippen LogP contribution >= 0.6 is 0 Å². The molecule has 1 fully saturated rings. The van der Waals surface area contributed by atoms with Gasteiger partial charge in [-0.05, 0) is 55.3 Å². The van der Waals surface area contributed by atoms with Crippen LogP contribution in [0.4, 0.5) is 17.3 Å². The number of hydrogen-bond donors (Lipinski definition) is 3. The molecule has 1 unspecified atom stereocenters. The number of aliphatic hydroxyl groups excluding tert-OH is 1. The van der Waals surface area contributed by atoms with Crippen molar-refractivity contribution in [1.82, 2.24) is 19.8 Å². The van der Waals surface area contributed by atoms with Crippen molar-refractivity contribution in [3.63, 3.8) is 0 Å². The van der Waals surface area contributed by atoms with E-state index in [-0.39, 0.29) is 5.91 Å². The lowest BCUT2D eigenvalue weighted by Gasteiger charge is -2.44. The van der Waals surface area contributed by atoms with Gasteiger partial charge < -0.3 is 25.4 Å². The maximum atomic E-state index is 12.9. The summed E-state index contributed by atoms with van der Waals surface area (Å²) >= 11 is 0. The molecule has 9 heteroatoms. The van der Waals surface area contributed by atoms with Gasteiger partial charge in [-0.1, -0.05) is 6.07 Å². The SMILES string of the molecule is Cc1cc(C)cc(Nc2ncc3c(n2)CN(C2CN(C(=O)c4ccc5c(c4)OC(O)N5)C2)C3)c1. The van der Waals surface area contributed by atoms with E-state index in [1.807, 2.05) is 11.1 Å². The van der Waals surface area contributed by atoms with Gasteiger partial charge in [0.25, 0.3) is 12.3 Å². The second kappa shape index (κ2) is 7.96. The molecule has 174 valence electrons. The fraction of sp³-hybridized carbons (Fsp3) is 0.320. The van der Waals surface area contributed by atoms with Gasteiger partial charge in [0, 0.05) is 55.2 Å². The van der Waals surface area contributed by atoms with Crippen molar-refractivity contribution in [2.75, 3.05) is 23.7 Å². The number of aliphatic hydroxyl groups is 1. The molecule has 3 aromatic rings. The molecule has 0 radical (unpaired) electrons. The number of nitrogens with one attached hydrogen (secondary N) is 2. The van der Waals surface area contributed by atoms with Crippen LogP contribution in [0.15, 0.2) is 42.6 Å². The minimum Gasteiger partial charge on any atom is -0.445 e. The second-order valence-corrected chi connectivity index (χ2v) is 9.26. The highest BCUT2D eigenvalue weighted by atomic mass is 16.6. The Balaban J connectivity index is 1.07. The maximum absolute atomic E-state index is 12.9. The molecule has 3 aliphatic rings. The third-order valence-corrected chi connectivity index (χ3v) is 6.57. The molecule has 0 saturated carbocycles. The summed E-state index contributed by atoms with van der Waals surface area (Å²) in [6.07, 6.45) is 0.840. The third-order valence-electron chi connectivity index (χ3n) is 6.57. The highest BCUT2D eigenvalue weighted by Gasteiger charge is 2.38. The summed E-state index contributed by atoms with van der Waals surface area (Å²) < 4.78 is 5.27. The number of rotatable bonds is 4. The molecule has 1 atom stereocenters. The quantitative estimate of drug-likeness (QED) is 0.549. The Bertz CT molecular complexity index is 1270. The van der Waals surface area contributed by atoms with Crippen LogP contribution in [0.1, 0.15) is 32.7 Å². The molecular weight excluding hydrogens is 432 g/mol. The first-order chi connectivity index (χ1) is 16.4. The van der Waals surface area contributed by atoms with Gasteiger partial charge in [-0.15, -0.1) is 0 Å². The Hall–Kier alpha value is -3.69. The number of fused-ring (bicyclic) bond motifs is 2. The molecule has 1 aromatic heterocycles. The zero-order chi connectivity index (χ0) is 23.4. The van der Waals surface area contributed by atoms with E-state index in [4.69, 9.17) is 9.72 Å². The lowest BCUT2D eigenvalue weighted by atomic mass is 10.0. The van der Waals surface area contributed by atoms with Crippen LogP contribution in [-0.2, 0) is 13.1 Å². The van der Waals surface area contributed by atoms with Gasteiger partial charge in [0.05, 0.1) is 11.4 Å². The summed E-state index contributed by atoms with van der Waals surface area (Å²) in [5, 5.41) is 15.6. The smallest absolute Gasteiger partial charge is 0.279 e. The zero-order valence-corrected chi connectivity index (χ0v) is 19.1. The van der Waals surface area contributed by atoms with E-state index in [2.05, 4.69) is 52.6 Å². The number of amides is 1. The summed E-state index contributed by atoms with van der Waals surface area (Å²) in [5.74, 6) is 1.07. The summed E-state index contributed by atoms with van der Waals surface area (Å²) in [6, 6.07) is 11.8. The van der Waals surface area contributed by atoms with Crippen LogP contribution in [0.3, 0.4) is 0 Å². The van der Waals surface area contributed by atoms with Crippen molar-refractivity contribution < 1.29 is 14.6 Å². The Labute approximate surface area is 197 Å². The van der Waals surface area contributed by atoms with Crippen molar-refractivity contribution in [1.29, 1.82) is 0 Å². The predicted molar refractivity (Wildman–Crippen MR) is 127 cm³/mol. The molecule has 34 heavy (non-hydrogen) atoms. The van der Waals surface area contributed by atoms with Gasteiger partial charge in [-0.2, -0.15) is 0 Å². The number of ether oxygens (including phenoxy) is 1. The molecule has 2 aromatic carbocycles. The predicted octanol–water partition coefficient (Wildman–Crippen LogP) is 2.76. The van der Waals surface area contributed by atoms with Crippen molar-refractivity contribution in [2.45, 2.75) is 39.4 Å². The lowest BCUT2D eigenvalue weighted by molar-refractivity contribution is 0.0201. The number of carbonyl (C=O) groups is 1. The number of aryl methyl sites for hydroxylation is 2. The van der Waals surface area contributed by atoms with Crippen molar-refractivity contribution in [3.8, 4) is 5.75 Å². The Morgan fingerprint density at radius 3 is 2.74 bits per heavy atom. The van der Waals surface area contributed by atoms with E-state index >= 15 is 0 Å². The molecule has 3 aliphatic heterocycles. The van der Waals surface area contributed by atoms with E-state index < -0.39 is 6.41 Å².